The number of likely N-dealkylation sites (N-methyl/N-ethyl adjacent to an activating group) is 1. The summed E-state index contributed by atoms with van der Waals surface area (Å²) in [4.78, 5) is 90.2. The molecule has 426 valence electrons. The molecule has 6 rings (SSSR count). The molecule has 1 aromatic carbocycles. The first-order valence-electron chi connectivity index (χ1n) is 27.1. The Morgan fingerprint density at radius 1 is 1.04 bits per heavy atom. The molecule has 79 heavy (non-hydrogen) atoms. The summed E-state index contributed by atoms with van der Waals surface area (Å²) < 4.78 is 27.7. The van der Waals surface area contributed by atoms with Crippen molar-refractivity contribution in [2.45, 2.75) is 129 Å². The first-order chi connectivity index (χ1) is 37.7. The minimum atomic E-state index is -0.954. The summed E-state index contributed by atoms with van der Waals surface area (Å²) in [5, 5.41) is 30.0. The number of likely N-dealkylation sites (tertiary alicyclic amines) is 1. The van der Waals surface area contributed by atoms with Gasteiger partial charge in [-0.1, -0.05) is 70.7 Å². The second-order valence-corrected chi connectivity index (χ2v) is 21.2. The van der Waals surface area contributed by atoms with Crippen LogP contribution in [-0.2, 0) is 51.3 Å². The van der Waals surface area contributed by atoms with E-state index in [0.29, 0.717) is 41.0 Å². The number of carbonyl (C=O) groups excluding carboxylic acids is 6. The second kappa shape index (κ2) is 28.4. The van der Waals surface area contributed by atoms with Gasteiger partial charge in [-0.25, -0.2) is 9.37 Å². The van der Waals surface area contributed by atoms with Crippen molar-refractivity contribution >= 4 is 46.9 Å². The molecule has 0 spiro atoms. The molecule has 2 bridgehead atoms. The summed E-state index contributed by atoms with van der Waals surface area (Å²) in [7, 11) is 3.25. The first kappa shape index (κ1) is 60.7. The van der Waals surface area contributed by atoms with Crippen molar-refractivity contribution in [1.82, 2.24) is 51.1 Å². The number of anilines is 2. The molecular weight excluding hydrogens is 1010 g/mol. The van der Waals surface area contributed by atoms with E-state index < -0.39 is 41.3 Å². The number of halogens is 1. The van der Waals surface area contributed by atoms with Gasteiger partial charge in [-0.2, -0.15) is 10.4 Å². The Hall–Kier alpha value is -7.48. The zero-order valence-corrected chi connectivity index (χ0v) is 46.6. The molecular formula is C57H78FN13O8. The number of pyridine rings is 1. The number of aromatic nitrogens is 3. The van der Waals surface area contributed by atoms with Crippen molar-refractivity contribution in [3.63, 3.8) is 0 Å². The number of ether oxygens (including phenoxy) is 2. The van der Waals surface area contributed by atoms with Crippen LogP contribution in [0.3, 0.4) is 0 Å². The molecule has 0 aliphatic carbocycles. The van der Waals surface area contributed by atoms with Gasteiger partial charge in [-0.3, -0.25) is 33.4 Å². The maximum Gasteiger partial charge on any atom is 0.246 e. The summed E-state index contributed by atoms with van der Waals surface area (Å²) >= 11 is 0. The number of hydrogen-bond acceptors (Lipinski definition) is 14. The van der Waals surface area contributed by atoms with Gasteiger partial charge in [-0.15, -0.1) is 0 Å². The smallest absolute Gasteiger partial charge is 0.246 e. The van der Waals surface area contributed by atoms with Crippen molar-refractivity contribution in [2.75, 3.05) is 70.8 Å². The fraction of sp³-hybridized carbons (Fsp3) is 0.526. The van der Waals surface area contributed by atoms with E-state index in [0.717, 1.165) is 18.4 Å². The number of nitrogen functional groups attached to an aromatic ring is 1. The van der Waals surface area contributed by atoms with Crippen molar-refractivity contribution in [3.8, 4) is 17.2 Å². The SMILES string of the molecule is C=C1/C=C(F)\C=C/CC(=O)N(C)Cc2nn(CCNC(=O)CCOCCOCCC(=O)N[C@@H]3C[C@H](C(=O)N[C@@H](CC)c4ccccc4)N(C(=O)[C@H](NC(=O)[C@@H](C)NC)C(C)(C)C)C3)c(C#N)c2-c2cnc(N)c(c2)N2CCC[C@H]12. The van der Waals surface area contributed by atoms with E-state index in [-0.39, 0.29) is 131 Å². The lowest BCUT2D eigenvalue weighted by Gasteiger charge is -2.36. The number of amides is 6. The van der Waals surface area contributed by atoms with Gasteiger partial charge in [0.25, 0.3) is 0 Å². The second-order valence-electron chi connectivity index (χ2n) is 21.2. The molecule has 22 heteroatoms. The Bertz CT molecular complexity index is 2770. The lowest BCUT2D eigenvalue weighted by atomic mass is 9.85. The average Bonchev–Trinajstić information content (AvgIpc) is 4.19. The number of carbonyl (C=O) groups is 6. The molecule has 21 nitrogen and oxygen atoms in total. The molecule has 0 radical (unpaired) electrons. The molecule has 2 fully saturated rings. The number of allylic oxidation sites excluding steroid dienone is 2. The van der Waals surface area contributed by atoms with E-state index in [9.17, 15) is 38.4 Å². The average molecular weight is 1090 g/mol. The van der Waals surface area contributed by atoms with Crippen LogP contribution in [0.5, 0.6) is 0 Å². The Balaban J connectivity index is 0.978. The van der Waals surface area contributed by atoms with Gasteiger partial charge in [0.05, 0.1) is 69.0 Å². The third-order valence-electron chi connectivity index (χ3n) is 14.4. The number of nitriles is 1. The van der Waals surface area contributed by atoms with E-state index in [1.54, 1.807) is 27.2 Å². The molecule has 6 atom stereocenters. The highest BCUT2D eigenvalue weighted by Crippen LogP contribution is 2.38. The number of hydrogen-bond donors (Lipinski definition) is 6. The maximum absolute atomic E-state index is 14.9. The van der Waals surface area contributed by atoms with E-state index in [4.69, 9.17) is 20.3 Å². The number of nitrogens with one attached hydrogen (secondary N) is 5. The summed E-state index contributed by atoms with van der Waals surface area (Å²) in [6, 6.07) is 10.1. The van der Waals surface area contributed by atoms with E-state index in [2.05, 4.69) is 44.2 Å². The quantitative estimate of drug-likeness (QED) is 0.0820. The van der Waals surface area contributed by atoms with Gasteiger partial charge in [0.15, 0.2) is 0 Å². The molecule has 7 N–H and O–H groups in total. The highest BCUT2D eigenvalue weighted by Gasteiger charge is 2.46. The largest absolute Gasteiger partial charge is 0.382 e. The van der Waals surface area contributed by atoms with Gasteiger partial charge in [0.1, 0.15) is 35.5 Å². The summed E-state index contributed by atoms with van der Waals surface area (Å²) in [5.41, 5.74) is 9.48. The minimum Gasteiger partial charge on any atom is -0.382 e. The van der Waals surface area contributed by atoms with E-state index in [1.165, 1.54) is 32.7 Å². The molecule has 5 heterocycles. The molecule has 6 amide bonds. The number of nitrogens with two attached hydrogens (primary N) is 1. The highest BCUT2D eigenvalue weighted by molar-refractivity contribution is 5.94. The van der Waals surface area contributed by atoms with Crippen LogP contribution in [0.1, 0.15) is 103 Å². The van der Waals surface area contributed by atoms with Crippen molar-refractivity contribution in [3.05, 3.63) is 95.8 Å². The van der Waals surface area contributed by atoms with Crippen LogP contribution in [0.15, 0.2) is 78.8 Å². The Morgan fingerprint density at radius 3 is 2.42 bits per heavy atom. The molecule has 3 aliphatic rings. The fourth-order valence-corrected chi connectivity index (χ4v) is 9.90. The third-order valence-corrected chi connectivity index (χ3v) is 14.4. The summed E-state index contributed by atoms with van der Waals surface area (Å²) in [5.74, 6) is -2.31. The minimum absolute atomic E-state index is 0.00500. The van der Waals surface area contributed by atoms with Crippen molar-refractivity contribution < 1.29 is 42.6 Å². The zero-order valence-electron chi connectivity index (χ0n) is 46.6. The predicted molar refractivity (Wildman–Crippen MR) is 297 cm³/mol. The van der Waals surface area contributed by atoms with Crippen LogP contribution in [0.25, 0.3) is 11.1 Å². The molecule has 3 aromatic rings. The zero-order chi connectivity index (χ0) is 57.4. The fourth-order valence-electron chi connectivity index (χ4n) is 9.90. The van der Waals surface area contributed by atoms with Crippen LogP contribution in [0.4, 0.5) is 15.9 Å². The Morgan fingerprint density at radius 2 is 1.75 bits per heavy atom. The Labute approximate surface area is 462 Å². The lowest BCUT2D eigenvalue weighted by Crippen LogP contribution is -2.59. The van der Waals surface area contributed by atoms with E-state index in [1.807, 2.05) is 69.0 Å². The number of rotatable bonds is 21. The maximum atomic E-state index is 14.9. The van der Waals surface area contributed by atoms with Gasteiger partial charge in [-0.05, 0) is 74.4 Å². The highest BCUT2D eigenvalue weighted by atomic mass is 19.1. The van der Waals surface area contributed by atoms with Gasteiger partial charge >= 0.3 is 0 Å². The standard InChI is InChI=1S/C57H78FN13O8/c1-9-42(38-15-11-10-12-16-38)65-55(76)46-31-41(34-70(46)56(77)52(57(4,5)6)66-54(75)37(3)61-7)64-49(73)21-26-79-28-27-78-25-20-48(72)62-22-24-71-47(32-59)51-39-30-45(53(60)63-33-39)69-23-14-18-44(69)36(2)29-40(58)17-13-19-50(74)68(8)35-43(51)67-71/h10-13,15-17,29-30,33,37,41-42,44,46,52,61H,2,9,14,18-28,31,34-35H2,1,3-8H3,(H2,60,63)(H,62,72)(H,64,73)(H,65,76)(H,66,75)/b17-13-,40-29+/t37-,41-,42+,44-,46-,52+/m1/s1. The molecule has 3 aliphatic heterocycles. The van der Waals surface area contributed by atoms with Crippen molar-refractivity contribution in [1.29, 1.82) is 5.26 Å². The lowest BCUT2D eigenvalue weighted by molar-refractivity contribution is -0.144. The van der Waals surface area contributed by atoms with Crippen LogP contribution in [0, 0.1) is 16.7 Å². The number of nitrogens with zero attached hydrogens (tertiary/aromatic N) is 7. The van der Waals surface area contributed by atoms with Crippen molar-refractivity contribution in [2.24, 2.45) is 5.41 Å². The molecule has 0 saturated carbocycles. The van der Waals surface area contributed by atoms with E-state index >= 15 is 0 Å². The molecule has 0 unspecified atom stereocenters. The monoisotopic (exact) mass is 1090 g/mol. The van der Waals surface area contributed by atoms with Gasteiger partial charge in [0, 0.05) is 69.3 Å². The van der Waals surface area contributed by atoms with Gasteiger partial charge < -0.3 is 56.5 Å². The molecule has 2 aromatic heterocycles. The number of fused-ring (bicyclic) bond motifs is 6. The topological polar surface area (TPSA) is 271 Å². The van der Waals surface area contributed by atoms with Crippen LogP contribution >= 0.6 is 0 Å². The predicted octanol–water partition coefficient (Wildman–Crippen LogP) is 4.12. The summed E-state index contributed by atoms with van der Waals surface area (Å²) in [6.07, 6.45) is 7.94. The van der Waals surface area contributed by atoms with Gasteiger partial charge in [0.2, 0.25) is 35.4 Å². The first-order valence-corrected chi connectivity index (χ1v) is 27.1. The Kier molecular flexibility index (Phi) is 21.8. The van der Waals surface area contributed by atoms with Crippen LogP contribution in [-0.4, -0.2) is 150 Å². The van der Waals surface area contributed by atoms with Crippen LogP contribution in [0.2, 0.25) is 0 Å². The normalized spacial score (nSPS) is 20.0. The van der Waals surface area contributed by atoms with Crippen LogP contribution < -0.4 is 37.2 Å². The number of benzene rings is 1. The molecule has 2 saturated heterocycles. The third kappa shape index (κ3) is 16.3. The summed E-state index contributed by atoms with van der Waals surface area (Å²) in [6.45, 7) is 14.8.